The van der Waals surface area contributed by atoms with Crippen LogP contribution in [0.1, 0.15) is 46.6 Å². The lowest BCUT2D eigenvalue weighted by Crippen LogP contribution is -2.36. The molecule has 6 nitrogen and oxygen atoms in total. The lowest BCUT2D eigenvalue weighted by atomic mass is 10.1. The molecule has 1 N–H and O–H groups in total. The second kappa shape index (κ2) is 9.57. The zero-order valence-corrected chi connectivity index (χ0v) is 19.2. The third kappa shape index (κ3) is 4.70. The number of hydrogen-bond acceptors (Lipinski definition) is 3. The molecule has 1 aromatic heterocycles. The molecule has 1 saturated heterocycles. The van der Waals surface area contributed by atoms with Gasteiger partial charge in [0.25, 0.3) is 5.91 Å². The van der Waals surface area contributed by atoms with Crippen LogP contribution in [-0.4, -0.2) is 39.6 Å². The number of hydrogen-bond donors (Lipinski definition) is 1. The van der Waals surface area contributed by atoms with Crippen LogP contribution < -0.4 is 5.32 Å². The fraction of sp³-hybridized carbons (Fsp3) is 0.320. The number of carbonyl (C=O) groups excluding carboxylic acids is 2. The monoisotopic (exact) mass is 450 g/mol. The number of nitrogens with one attached hydrogen (secondary N) is 1. The number of benzene rings is 2. The zero-order chi connectivity index (χ0) is 22.7. The van der Waals surface area contributed by atoms with Crippen LogP contribution in [0.3, 0.4) is 0 Å². The molecule has 2 aromatic carbocycles. The van der Waals surface area contributed by atoms with Crippen LogP contribution in [0.5, 0.6) is 0 Å². The number of para-hydroxylation sites is 1. The highest BCUT2D eigenvalue weighted by molar-refractivity contribution is 6.30. The zero-order valence-electron chi connectivity index (χ0n) is 18.4. The highest BCUT2D eigenvalue weighted by Crippen LogP contribution is 2.23. The van der Waals surface area contributed by atoms with Crippen molar-refractivity contribution in [2.24, 2.45) is 0 Å². The summed E-state index contributed by atoms with van der Waals surface area (Å²) in [5, 5.41) is 8.22. The summed E-state index contributed by atoms with van der Waals surface area (Å²) in [5.41, 5.74) is 4.54. The average Bonchev–Trinajstić information content (AvgIpc) is 3.08. The van der Waals surface area contributed by atoms with Gasteiger partial charge in [0.1, 0.15) is 0 Å². The normalized spacial score (nSPS) is 13.8. The van der Waals surface area contributed by atoms with Gasteiger partial charge in [0.15, 0.2) is 0 Å². The number of rotatable bonds is 5. The first-order valence-corrected chi connectivity index (χ1v) is 11.3. The van der Waals surface area contributed by atoms with E-state index < -0.39 is 0 Å². The molecule has 1 aliphatic heterocycles. The Morgan fingerprint density at radius 1 is 1.00 bits per heavy atom. The van der Waals surface area contributed by atoms with Crippen LogP contribution in [0.4, 0.5) is 5.69 Å². The molecule has 0 aliphatic carbocycles. The van der Waals surface area contributed by atoms with E-state index in [2.05, 4.69) is 10.4 Å². The lowest BCUT2D eigenvalue weighted by Gasteiger charge is -2.27. The molecule has 1 aliphatic rings. The summed E-state index contributed by atoms with van der Waals surface area (Å²) in [7, 11) is 0. The van der Waals surface area contributed by atoms with Crippen LogP contribution in [0, 0.1) is 13.8 Å². The molecule has 0 saturated carbocycles. The van der Waals surface area contributed by atoms with E-state index in [1.807, 2.05) is 59.8 Å². The molecule has 2 amide bonds. The molecule has 0 atom stereocenters. The van der Waals surface area contributed by atoms with Gasteiger partial charge in [-0.2, -0.15) is 5.10 Å². The second-order valence-corrected chi connectivity index (χ2v) is 8.60. The summed E-state index contributed by atoms with van der Waals surface area (Å²) in [6, 6.07) is 14.6. The van der Waals surface area contributed by atoms with E-state index in [1.165, 1.54) is 0 Å². The molecule has 0 radical (unpaired) electrons. The van der Waals surface area contributed by atoms with Gasteiger partial charge in [0, 0.05) is 29.4 Å². The Bertz CT molecular complexity index is 1130. The van der Waals surface area contributed by atoms with Gasteiger partial charge in [-0.1, -0.05) is 23.7 Å². The fourth-order valence-electron chi connectivity index (χ4n) is 4.17. The largest absolute Gasteiger partial charge is 0.339 e. The van der Waals surface area contributed by atoms with Crippen molar-refractivity contribution in [1.29, 1.82) is 0 Å². The molecule has 1 fully saturated rings. The summed E-state index contributed by atoms with van der Waals surface area (Å²) >= 11 is 6.00. The quantitative estimate of drug-likeness (QED) is 0.598. The van der Waals surface area contributed by atoms with Crippen LogP contribution >= 0.6 is 11.6 Å². The number of carbonyl (C=O) groups is 2. The van der Waals surface area contributed by atoms with Gasteiger partial charge in [0.2, 0.25) is 5.91 Å². The first-order chi connectivity index (χ1) is 15.4. The number of likely N-dealkylation sites (tertiary alicyclic amines) is 1. The van der Waals surface area contributed by atoms with Crippen molar-refractivity contribution in [1.82, 2.24) is 14.7 Å². The summed E-state index contributed by atoms with van der Waals surface area (Å²) < 4.78 is 1.82. The number of aromatic nitrogens is 2. The molecule has 32 heavy (non-hydrogen) atoms. The number of aryl methyl sites for hydroxylation is 1. The number of anilines is 1. The predicted molar refractivity (Wildman–Crippen MR) is 127 cm³/mol. The lowest BCUT2D eigenvalue weighted by molar-refractivity contribution is -0.115. The van der Waals surface area contributed by atoms with E-state index in [0.717, 1.165) is 55.0 Å². The second-order valence-electron chi connectivity index (χ2n) is 8.16. The molecule has 3 aromatic rings. The van der Waals surface area contributed by atoms with Crippen LogP contribution in [0.2, 0.25) is 5.02 Å². The van der Waals surface area contributed by atoms with Gasteiger partial charge in [0.05, 0.1) is 29.1 Å². The molecule has 4 rings (SSSR count). The van der Waals surface area contributed by atoms with E-state index in [0.29, 0.717) is 16.3 Å². The van der Waals surface area contributed by atoms with E-state index in [1.54, 1.807) is 12.1 Å². The third-order valence-corrected chi connectivity index (χ3v) is 6.18. The van der Waals surface area contributed by atoms with Gasteiger partial charge in [-0.25, -0.2) is 4.68 Å². The minimum absolute atomic E-state index is 0.0245. The standard InChI is InChI=1S/C25H27ClN4O2/c1-17-22(18(2)30(28-17)20-12-10-19(26)11-13-20)16-24(31)27-23-9-5-4-8-21(23)25(32)29-14-6-3-7-15-29/h4-5,8-13H,3,6-7,14-16H2,1-2H3,(H,27,31). The van der Waals surface area contributed by atoms with E-state index in [4.69, 9.17) is 11.6 Å². The van der Waals surface area contributed by atoms with Gasteiger partial charge in [-0.05, 0) is 69.5 Å². The molecular formula is C25H27ClN4O2. The smallest absolute Gasteiger partial charge is 0.255 e. The molecule has 7 heteroatoms. The summed E-state index contributed by atoms with van der Waals surface area (Å²) in [4.78, 5) is 27.8. The molecule has 0 bridgehead atoms. The summed E-state index contributed by atoms with van der Waals surface area (Å²) in [6.45, 7) is 5.38. The van der Waals surface area contributed by atoms with Crippen molar-refractivity contribution in [3.63, 3.8) is 0 Å². The van der Waals surface area contributed by atoms with Crippen LogP contribution in [-0.2, 0) is 11.2 Å². The maximum atomic E-state index is 13.0. The maximum Gasteiger partial charge on any atom is 0.255 e. The van der Waals surface area contributed by atoms with Gasteiger partial charge < -0.3 is 10.2 Å². The highest BCUT2D eigenvalue weighted by Gasteiger charge is 2.22. The van der Waals surface area contributed by atoms with E-state index >= 15 is 0 Å². The molecule has 0 unspecified atom stereocenters. The highest BCUT2D eigenvalue weighted by atomic mass is 35.5. The number of nitrogens with zero attached hydrogens (tertiary/aromatic N) is 3. The van der Waals surface area contributed by atoms with Gasteiger partial charge in [-0.15, -0.1) is 0 Å². The van der Waals surface area contributed by atoms with Crippen molar-refractivity contribution in [3.8, 4) is 5.69 Å². The SMILES string of the molecule is Cc1nn(-c2ccc(Cl)cc2)c(C)c1CC(=O)Nc1ccccc1C(=O)N1CCCCC1. The van der Waals surface area contributed by atoms with Crippen molar-refractivity contribution >= 4 is 29.1 Å². The predicted octanol–water partition coefficient (Wildman–Crippen LogP) is 4.95. The van der Waals surface area contributed by atoms with Gasteiger partial charge in [-0.3, -0.25) is 9.59 Å². The Morgan fingerprint density at radius 2 is 1.69 bits per heavy atom. The van der Waals surface area contributed by atoms with Crippen molar-refractivity contribution in [2.75, 3.05) is 18.4 Å². The van der Waals surface area contributed by atoms with E-state index in [9.17, 15) is 9.59 Å². The van der Waals surface area contributed by atoms with Crippen LogP contribution in [0.15, 0.2) is 48.5 Å². The number of amides is 2. The molecular weight excluding hydrogens is 424 g/mol. The Labute approximate surface area is 193 Å². The van der Waals surface area contributed by atoms with Gasteiger partial charge >= 0.3 is 0 Å². The minimum atomic E-state index is -0.175. The topological polar surface area (TPSA) is 67.2 Å². The Hall–Kier alpha value is -3.12. The minimum Gasteiger partial charge on any atom is -0.339 e. The summed E-state index contributed by atoms with van der Waals surface area (Å²) in [6.07, 6.45) is 3.38. The Kier molecular flexibility index (Phi) is 6.61. The van der Waals surface area contributed by atoms with Crippen molar-refractivity contribution in [3.05, 3.63) is 76.1 Å². The first kappa shape index (κ1) is 22.1. The number of piperidine rings is 1. The van der Waals surface area contributed by atoms with Crippen molar-refractivity contribution in [2.45, 2.75) is 39.5 Å². The third-order valence-electron chi connectivity index (χ3n) is 5.92. The maximum absolute atomic E-state index is 13.0. The molecule has 166 valence electrons. The molecule has 0 spiro atoms. The Morgan fingerprint density at radius 3 is 2.41 bits per heavy atom. The van der Waals surface area contributed by atoms with Crippen molar-refractivity contribution < 1.29 is 9.59 Å². The van der Waals surface area contributed by atoms with Crippen LogP contribution in [0.25, 0.3) is 5.69 Å². The van der Waals surface area contributed by atoms with E-state index in [-0.39, 0.29) is 18.2 Å². The fourth-order valence-corrected chi connectivity index (χ4v) is 4.29. The summed E-state index contributed by atoms with van der Waals surface area (Å²) in [5.74, 6) is -0.200. The number of halogens is 1. The Balaban J connectivity index is 1.51. The average molecular weight is 451 g/mol. The first-order valence-electron chi connectivity index (χ1n) is 10.9. The molecule has 2 heterocycles.